The minimum atomic E-state index is 0. The SMILES string of the molecule is CCCN(CCC)C(N(CC)CC)=[N+](CCC)CCC.[Cl-]. The topological polar surface area (TPSA) is 9.49 Å². The molecule has 0 saturated heterocycles. The Balaban J connectivity index is 0. The van der Waals surface area contributed by atoms with Gasteiger partial charge in [-0.2, -0.15) is 0 Å². The normalized spacial score (nSPS) is 10.0. The first kappa shape index (κ1) is 22.8. The van der Waals surface area contributed by atoms with Gasteiger partial charge in [-0.25, -0.2) is 0 Å². The van der Waals surface area contributed by atoms with Crippen LogP contribution < -0.4 is 12.4 Å². The van der Waals surface area contributed by atoms with Crippen LogP contribution in [0.4, 0.5) is 0 Å². The highest BCUT2D eigenvalue weighted by Gasteiger charge is 2.26. The summed E-state index contributed by atoms with van der Waals surface area (Å²) in [6.07, 6.45) is 4.88. The van der Waals surface area contributed by atoms with Gasteiger partial charge < -0.3 is 12.4 Å². The zero-order valence-corrected chi connectivity index (χ0v) is 16.0. The fraction of sp³-hybridized carbons (Fsp3) is 0.941. The first-order chi connectivity index (χ1) is 9.69. The van der Waals surface area contributed by atoms with Gasteiger partial charge in [-0.3, -0.25) is 14.4 Å². The fourth-order valence-corrected chi connectivity index (χ4v) is 2.81. The van der Waals surface area contributed by atoms with Crippen LogP contribution in [0.3, 0.4) is 0 Å². The fourth-order valence-electron chi connectivity index (χ4n) is 2.81. The molecule has 0 aliphatic carbocycles. The number of guanidine groups is 1. The van der Waals surface area contributed by atoms with E-state index in [0.29, 0.717) is 0 Å². The highest BCUT2D eigenvalue weighted by atomic mass is 35.5. The molecule has 0 rings (SSSR count). The van der Waals surface area contributed by atoms with E-state index in [4.69, 9.17) is 0 Å². The van der Waals surface area contributed by atoms with Crippen molar-refractivity contribution < 1.29 is 17.0 Å². The first-order valence-electron chi connectivity index (χ1n) is 8.81. The summed E-state index contributed by atoms with van der Waals surface area (Å²) in [4.78, 5) is 5.15. The Morgan fingerprint density at radius 3 is 1.38 bits per heavy atom. The zero-order chi connectivity index (χ0) is 15.4. The van der Waals surface area contributed by atoms with Crippen LogP contribution in [0.1, 0.15) is 67.2 Å². The molecule has 3 nitrogen and oxygen atoms in total. The molecular formula is C17H38ClN3. The van der Waals surface area contributed by atoms with Gasteiger partial charge in [-0.1, -0.05) is 27.7 Å². The smallest absolute Gasteiger partial charge is 0.350 e. The van der Waals surface area contributed by atoms with E-state index in [0.717, 1.165) is 13.1 Å². The van der Waals surface area contributed by atoms with Crippen molar-refractivity contribution in [3.63, 3.8) is 0 Å². The molecule has 0 aromatic rings. The maximum Gasteiger partial charge on any atom is 0.350 e. The number of hydrogen-bond acceptors (Lipinski definition) is 0. The van der Waals surface area contributed by atoms with Crippen molar-refractivity contribution in [3.8, 4) is 0 Å². The van der Waals surface area contributed by atoms with Gasteiger partial charge in [-0.15, -0.1) is 0 Å². The highest BCUT2D eigenvalue weighted by Crippen LogP contribution is 2.05. The van der Waals surface area contributed by atoms with E-state index in [-0.39, 0.29) is 12.4 Å². The molecule has 21 heavy (non-hydrogen) atoms. The van der Waals surface area contributed by atoms with E-state index in [2.05, 4.69) is 55.9 Å². The Morgan fingerprint density at radius 1 is 0.667 bits per heavy atom. The van der Waals surface area contributed by atoms with Gasteiger partial charge >= 0.3 is 5.96 Å². The molecule has 0 amide bonds. The van der Waals surface area contributed by atoms with E-state index in [1.165, 1.54) is 57.8 Å². The van der Waals surface area contributed by atoms with Crippen LogP contribution in [-0.2, 0) is 0 Å². The molecule has 0 fully saturated rings. The average Bonchev–Trinajstić information content (AvgIpc) is 2.44. The third kappa shape index (κ3) is 7.94. The molecule has 0 aliphatic heterocycles. The molecule has 0 unspecified atom stereocenters. The monoisotopic (exact) mass is 319 g/mol. The van der Waals surface area contributed by atoms with Gasteiger partial charge in [0.2, 0.25) is 0 Å². The standard InChI is InChI=1S/C17H38N3.ClH/c1-7-13-19(14-8-2)17(18(11-5)12-6)20(15-9-3)16-10-4;/h7-16H2,1-6H3;1H/q+1;/p-1. The number of rotatable bonds is 10. The lowest BCUT2D eigenvalue weighted by molar-refractivity contribution is -0.538. The summed E-state index contributed by atoms with van der Waals surface area (Å²) in [6.45, 7) is 20.6. The molecule has 4 heteroatoms. The van der Waals surface area contributed by atoms with Gasteiger partial charge in [0.1, 0.15) is 0 Å². The molecule has 0 aromatic heterocycles. The van der Waals surface area contributed by atoms with Crippen molar-refractivity contribution >= 4 is 5.96 Å². The predicted octanol–water partition coefficient (Wildman–Crippen LogP) is 0.643. The summed E-state index contributed by atoms with van der Waals surface area (Å²) in [7, 11) is 0. The number of nitrogens with zero attached hydrogens (tertiary/aromatic N) is 3. The molecule has 0 spiro atoms. The second-order valence-electron chi connectivity index (χ2n) is 5.45. The molecule has 0 N–H and O–H groups in total. The Morgan fingerprint density at radius 2 is 1.10 bits per heavy atom. The van der Waals surface area contributed by atoms with Crippen LogP contribution in [0.5, 0.6) is 0 Å². The quantitative estimate of drug-likeness (QED) is 0.332. The summed E-state index contributed by atoms with van der Waals surface area (Å²) < 4.78 is 2.61. The molecule has 0 bridgehead atoms. The lowest BCUT2D eigenvalue weighted by Crippen LogP contribution is -3.00. The molecule has 0 aliphatic rings. The maximum absolute atomic E-state index is 2.61. The van der Waals surface area contributed by atoms with Gasteiger partial charge in [0, 0.05) is 0 Å². The number of hydrogen-bond donors (Lipinski definition) is 0. The Labute approximate surface area is 139 Å². The van der Waals surface area contributed by atoms with Gasteiger partial charge in [-0.05, 0) is 39.5 Å². The summed E-state index contributed by atoms with van der Waals surface area (Å²) in [5.41, 5.74) is 0. The maximum atomic E-state index is 2.61. The van der Waals surface area contributed by atoms with Crippen molar-refractivity contribution in [2.45, 2.75) is 67.2 Å². The molecule has 0 atom stereocenters. The van der Waals surface area contributed by atoms with E-state index < -0.39 is 0 Å². The van der Waals surface area contributed by atoms with E-state index >= 15 is 0 Å². The van der Waals surface area contributed by atoms with Crippen molar-refractivity contribution in [1.29, 1.82) is 0 Å². The summed E-state index contributed by atoms with van der Waals surface area (Å²) in [6, 6.07) is 0. The molecule has 128 valence electrons. The van der Waals surface area contributed by atoms with Crippen molar-refractivity contribution in [2.24, 2.45) is 0 Å². The first-order valence-corrected chi connectivity index (χ1v) is 8.81. The highest BCUT2D eigenvalue weighted by molar-refractivity contribution is 5.75. The van der Waals surface area contributed by atoms with Crippen molar-refractivity contribution in [3.05, 3.63) is 0 Å². The molecule has 0 saturated carbocycles. The predicted molar refractivity (Wildman–Crippen MR) is 90.7 cm³/mol. The van der Waals surface area contributed by atoms with Crippen molar-refractivity contribution in [2.75, 3.05) is 39.3 Å². The van der Waals surface area contributed by atoms with Crippen LogP contribution in [0.15, 0.2) is 0 Å². The second kappa shape index (κ2) is 14.5. The van der Waals surface area contributed by atoms with Crippen LogP contribution in [0.2, 0.25) is 0 Å². The van der Waals surface area contributed by atoms with Crippen LogP contribution in [0.25, 0.3) is 0 Å². The van der Waals surface area contributed by atoms with Crippen LogP contribution >= 0.6 is 0 Å². The van der Waals surface area contributed by atoms with Crippen molar-refractivity contribution in [1.82, 2.24) is 9.80 Å². The van der Waals surface area contributed by atoms with Crippen LogP contribution in [-0.4, -0.2) is 59.6 Å². The summed E-state index contributed by atoms with van der Waals surface area (Å²) >= 11 is 0. The van der Waals surface area contributed by atoms with Gasteiger partial charge in [0.25, 0.3) is 0 Å². The molecule has 0 radical (unpaired) electrons. The third-order valence-corrected chi connectivity index (χ3v) is 3.59. The minimum absolute atomic E-state index is 0. The largest absolute Gasteiger partial charge is 1.00 e. The average molecular weight is 320 g/mol. The van der Waals surface area contributed by atoms with Gasteiger partial charge in [0.15, 0.2) is 0 Å². The molecule has 0 aromatic carbocycles. The third-order valence-electron chi connectivity index (χ3n) is 3.59. The lowest BCUT2D eigenvalue weighted by atomic mass is 10.3. The van der Waals surface area contributed by atoms with Gasteiger partial charge in [0.05, 0.1) is 39.3 Å². The molecule has 0 heterocycles. The van der Waals surface area contributed by atoms with E-state index in [1.54, 1.807) is 0 Å². The Bertz CT molecular complexity index is 249. The number of halogens is 1. The van der Waals surface area contributed by atoms with Crippen LogP contribution in [0, 0.1) is 0 Å². The summed E-state index contributed by atoms with van der Waals surface area (Å²) in [5.74, 6) is 1.47. The van der Waals surface area contributed by atoms with E-state index in [9.17, 15) is 0 Å². The zero-order valence-electron chi connectivity index (χ0n) is 15.3. The minimum Gasteiger partial charge on any atom is -1.00 e. The van der Waals surface area contributed by atoms with E-state index in [1.807, 2.05) is 0 Å². The lowest BCUT2D eigenvalue weighted by Gasteiger charge is -2.29. The Kier molecular flexibility index (Phi) is 15.8. The summed E-state index contributed by atoms with van der Waals surface area (Å²) in [5, 5.41) is 0. The molecular weight excluding hydrogens is 282 g/mol. The second-order valence-corrected chi connectivity index (χ2v) is 5.45. The Hall–Kier alpha value is -0.440.